The van der Waals surface area contributed by atoms with Crippen molar-refractivity contribution in [2.24, 2.45) is 0 Å². The van der Waals surface area contributed by atoms with Crippen molar-refractivity contribution < 1.29 is 22.0 Å². The Morgan fingerprint density at radius 2 is 1.17 bits per heavy atom. The van der Waals surface area contributed by atoms with E-state index >= 15 is 0 Å². The van der Waals surface area contributed by atoms with Crippen LogP contribution in [-0.4, -0.2) is 0 Å². The lowest BCUT2D eigenvalue weighted by Gasteiger charge is -2.05. The van der Waals surface area contributed by atoms with Crippen LogP contribution in [0.2, 0.25) is 0 Å². The van der Waals surface area contributed by atoms with Crippen LogP contribution in [0.15, 0.2) is 60.7 Å². The number of rotatable bonds is 3. The third-order valence-electron chi connectivity index (χ3n) is 5.49. The summed E-state index contributed by atoms with van der Waals surface area (Å²) in [7, 11) is 0. The summed E-state index contributed by atoms with van der Waals surface area (Å²) in [6, 6.07) is 14.8. The van der Waals surface area contributed by atoms with Gasteiger partial charge in [0.25, 0.3) is 0 Å². The molecule has 0 atom stereocenters. The van der Waals surface area contributed by atoms with Gasteiger partial charge >= 0.3 is 0 Å². The highest BCUT2D eigenvalue weighted by Gasteiger charge is 2.11. The second-order valence-electron chi connectivity index (χ2n) is 8.00. The molecule has 0 bridgehead atoms. The zero-order chi connectivity index (χ0) is 24.9. The largest absolute Gasteiger partial charge is 0.206 e. The summed E-state index contributed by atoms with van der Waals surface area (Å²) in [5.74, 6) is 5.37. The van der Waals surface area contributed by atoms with Gasteiger partial charge in [-0.05, 0) is 65.6 Å². The lowest BCUT2D eigenvalue weighted by atomic mass is 9.99. The molecule has 0 aliphatic rings. The van der Waals surface area contributed by atoms with Crippen molar-refractivity contribution in [2.75, 3.05) is 0 Å². The normalized spacial score (nSPS) is 10.5. The second-order valence-corrected chi connectivity index (χ2v) is 8.00. The van der Waals surface area contributed by atoms with Crippen molar-refractivity contribution in [3.63, 3.8) is 0 Å². The van der Waals surface area contributed by atoms with Crippen LogP contribution in [0.1, 0.15) is 47.6 Å². The maximum atomic E-state index is 14.5. The summed E-state index contributed by atoms with van der Waals surface area (Å²) < 4.78 is 69.2. The van der Waals surface area contributed by atoms with E-state index in [4.69, 9.17) is 0 Å². The van der Waals surface area contributed by atoms with Gasteiger partial charge < -0.3 is 0 Å². The molecule has 0 heterocycles. The number of hydrogen-bond donors (Lipinski definition) is 0. The highest BCUT2D eigenvalue weighted by molar-refractivity contribution is 5.93. The summed E-state index contributed by atoms with van der Waals surface area (Å²) in [5.41, 5.74) is 1.38. The number of fused-ring (bicyclic) bond motifs is 1. The number of hydrogen-bond acceptors (Lipinski definition) is 0. The monoisotopic (exact) mass is 474 g/mol. The van der Waals surface area contributed by atoms with E-state index in [1.54, 1.807) is 36.4 Å². The fourth-order valence-corrected chi connectivity index (χ4v) is 3.68. The molecule has 0 nitrogen and oxygen atoms in total. The van der Waals surface area contributed by atoms with E-state index in [0.717, 1.165) is 25.0 Å². The van der Waals surface area contributed by atoms with Crippen molar-refractivity contribution in [3.05, 3.63) is 118 Å². The Balaban J connectivity index is 1.71. The maximum absolute atomic E-state index is 14.5. The molecular formula is C30H19F5. The number of unbranched alkanes of at least 4 members (excludes halogenated alkanes) is 1. The molecule has 35 heavy (non-hydrogen) atoms. The number of halogens is 5. The lowest BCUT2D eigenvalue weighted by molar-refractivity contribution is 0.446. The molecule has 0 aromatic heterocycles. The molecule has 0 fully saturated rings. The highest BCUT2D eigenvalue weighted by atomic mass is 19.2. The molecular weight excluding hydrogens is 455 g/mol. The highest BCUT2D eigenvalue weighted by Crippen LogP contribution is 2.23. The van der Waals surface area contributed by atoms with Crippen molar-refractivity contribution in [1.82, 2.24) is 0 Å². The molecule has 5 heteroatoms. The summed E-state index contributed by atoms with van der Waals surface area (Å²) in [4.78, 5) is 0. The minimum Gasteiger partial charge on any atom is -0.206 e. The minimum atomic E-state index is -1.55. The first-order valence-electron chi connectivity index (χ1n) is 11.1. The topological polar surface area (TPSA) is 0 Å². The van der Waals surface area contributed by atoms with Gasteiger partial charge in [0, 0.05) is 16.7 Å². The Labute approximate surface area is 200 Å². The SMILES string of the molecule is CCCCc1cc(F)c(C#Cc2ccc(C#Cc3cc(F)c(F)c(F)c3)c3ccccc23)c(F)c1. The van der Waals surface area contributed by atoms with Crippen LogP contribution in [0, 0.1) is 52.8 Å². The Morgan fingerprint density at radius 3 is 1.71 bits per heavy atom. The zero-order valence-electron chi connectivity index (χ0n) is 18.8. The van der Waals surface area contributed by atoms with Crippen molar-refractivity contribution in [1.29, 1.82) is 0 Å². The maximum Gasteiger partial charge on any atom is 0.194 e. The summed E-state index contributed by atoms with van der Waals surface area (Å²) in [6.45, 7) is 2.01. The lowest BCUT2D eigenvalue weighted by Crippen LogP contribution is -1.95. The van der Waals surface area contributed by atoms with Gasteiger partial charge in [0.1, 0.15) is 11.6 Å². The molecule has 0 saturated heterocycles. The van der Waals surface area contributed by atoms with Crippen LogP contribution < -0.4 is 0 Å². The Hall–Kier alpha value is -4.09. The standard InChI is InChI=1S/C30H19F5/c1-2-3-6-19-15-26(31)25(27(32)16-19)14-13-22-12-11-21(23-7-4-5-8-24(22)23)10-9-20-17-28(33)30(35)29(34)18-20/h4-5,7-8,11-12,15-18H,2-3,6H2,1H3. The van der Waals surface area contributed by atoms with E-state index in [1.165, 1.54) is 12.1 Å². The predicted octanol–water partition coefficient (Wildman–Crippen LogP) is 7.68. The molecule has 0 amide bonds. The molecule has 0 saturated carbocycles. The van der Waals surface area contributed by atoms with E-state index in [2.05, 4.69) is 23.7 Å². The minimum absolute atomic E-state index is 0.0114. The molecule has 0 aliphatic carbocycles. The molecule has 0 aliphatic heterocycles. The first-order valence-corrected chi connectivity index (χ1v) is 11.1. The van der Waals surface area contributed by atoms with Crippen LogP contribution in [-0.2, 0) is 6.42 Å². The molecule has 0 N–H and O–H groups in total. The first kappa shape index (κ1) is 24.0. The Morgan fingerprint density at radius 1 is 0.629 bits per heavy atom. The Kier molecular flexibility index (Phi) is 7.18. The number of benzene rings is 4. The molecule has 0 unspecified atom stereocenters. The van der Waals surface area contributed by atoms with Crippen LogP contribution in [0.5, 0.6) is 0 Å². The fraction of sp³-hybridized carbons (Fsp3) is 0.133. The van der Waals surface area contributed by atoms with Gasteiger partial charge in [-0.25, -0.2) is 22.0 Å². The van der Waals surface area contributed by atoms with Crippen molar-refractivity contribution in [2.45, 2.75) is 26.2 Å². The van der Waals surface area contributed by atoms with Crippen LogP contribution >= 0.6 is 0 Å². The van der Waals surface area contributed by atoms with Crippen LogP contribution in [0.25, 0.3) is 10.8 Å². The van der Waals surface area contributed by atoms with Crippen LogP contribution in [0.4, 0.5) is 22.0 Å². The Bertz CT molecular complexity index is 1500. The summed E-state index contributed by atoms with van der Waals surface area (Å²) >= 11 is 0. The van der Waals surface area contributed by atoms with E-state index in [0.29, 0.717) is 33.9 Å². The molecule has 4 aromatic carbocycles. The third-order valence-corrected chi connectivity index (χ3v) is 5.49. The molecule has 4 rings (SSSR count). The molecule has 0 radical (unpaired) electrons. The average Bonchev–Trinajstić information content (AvgIpc) is 2.84. The molecule has 174 valence electrons. The van der Waals surface area contributed by atoms with E-state index in [1.807, 2.05) is 6.92 Å². The van der Waals surface area contributed by atoms with Gasteiger partial charge in [0.15, 0.2) is 17.5 Å². The van der Waals surface area contributed by atoms with E-state index < -0.39 is 29.1 Å². The van der Waals surface area contributed by atoms with Gasteiger partial charge in [0.05, 0.1) is 5.56 Å². The quantitative estimate of drug-likeness (QED) is 0.162. The van der Waals surface area contributed by atoms with Gasteiger partial charge in [-0.15, -0.1) is 0 Å². The van der Waals surface area contributed by atoms with Crippen molar-refractivity contribution >= 4 is 10.8 Å². The third kappa shape index (κ3) is 5.36. The van der Waals surface area contributed by atoms with E-state index in [-0.39, 0.29) is 11.1 Å². The molecule has 4 aromatic rings. The zero-order valence-corrected chi connectivity index (χ0v) is 18.8. The summed E-state index contributed by atoms with van der Waals surface area (Å²) in [6.07, 6.45) is 2.37. The van der Waals surface area contributed by atoms with Crippen molar-refractivity contribution in [3.8, 4) is 23.7 Å². The average molecular weight is 474 g/mol. The summed E-state index contributed by atoms with van der Waals surface area (Å²) in [5, 5.41) is 1.40. The first-order chi connectivity index (χ1) is 16.9. The second kappa shape index (κ2) is 10.5. The van der Waals surface area contributed by atoms with Gasteiger partial charge in [-0.2, -0.15) is 0 Å². The van der Waals surface area contributed by atoms with E-state index in [9.17, 15) is 22.0 Å². The smallest absolute Gasteiger partial charge is 0.194 e. The van der Waals surface area contributed by atoms with Gasteiger partial charge in [-0.1, -0.05) is 61.3 Å². The van der Waals surface area contributed by atoms with Crippen LogP contribution in [0.3, 0.4) is 0 Å². The predicted molar refractivity (Wildman–Crippen MR) is 127 cm³/mol. The number of aryl methyl sites for hydroxylation is 1. The van der Waals surface area contributed by atoms with Gasteiger partial charge in [-0.3, -0.25) is 0 Å². The fourth-order valence-electron chi connectivity index (χ4n) is 3.68. The van der Waals surface area contributed by atoms with Gasteiger partial charge in [0.2, 0.25) is 0 Å². The molecule has 0 spiro atoms.